The molecule has 0 saturated carbocycles. The first kappa shape index (κ1) is 18.0. The fraction of sp³-hybridized carbons (Fsp3) is 0.125. The van der Waals surface area contributed by atoms with Crippen LogP contribution in [-0.4, -0.2) is 40.8 Å². The number of carbonyl (C=O) groups is 1. The number of hydrogen-bond donors (Lipinski definition) is 1. The van der Waals surface area contributed by atoms with Gasteiger partial charge in [-0.15, -0.1) is 5.10 Å². The van der Waals surface area contributed by atoms with Crippen LogP contribution in [0.2, 0.25) is 5.02 Å². The van der Waals surface area contributed by atoms with Crippen LogP contribution in [0.4, 0.5) is 5.69 Å². The summed E-state index contributed by atoms with van der Waals surface area (Å²) >= 11 is 6.06. The number of aromatic nitrogens is 4. The average molecular weight is 392 g/mol. The van der Waals surface area contributed by atoms with Gasteiger partial charge in [-0.3, -0.25) is 4.79 Å². The third kappa shape index (κ3) is 3.73. The van der Waals surface area contributed by atoms with Crippen LogP contribution in [0.25, 0.3) is 11.4 Å². The van der Waals surface area contributed by atoms with Crippen LogP contribution in [0.1, 0.15) is 10.4 Å². The maximum Gasteiger partial charge on any atom is 0.257 e. The van der Waals surface area contributed by atoms with Gasteiger partial charge in [0, 0.05) is 24.6 Å². The number of tetrazole rings is 1. The van der Waals surface area contributed by atoms with Crippen molar-refractivity contribution in [2.24, 2.45) is 7.05 Å². The van der Waals surface area contributed by atoms with Crippen molar-refractivity contribution >= 4 is 33.0 Å². The molecule has 0 spiro atoms. The summed E-state index contributed by atoms with van der Waals surface area (Å²) in [5, 5.41) is 14.1. The molecule has 3 rings (SSSR count). The number of rotatable bonds is 4. The topological polar surface area (TPSA) is 107 Å². The zero-order chi connectivity index (χ0) is 18.9. The summed E-state index contributed by atoms with van der Waals surface area (Å²) in [6.45, 7) is 0. The molecule has 2 aromatic carbocycles. The zero-order valence-corrected chi connectivity index (χ0v) is 15.4. The minimum absolute atomic E-state index is 0.0194. The van der Waals surface area contributed by atoms with E-state index in [0.29, 0.717) is 17.1 Å². The Hall–Kier alpha value is -2.78. The maximum absolute atomic E-state index is 12.5. The normalized spacial score (nSPS) is 11.3. The molecule has 0 radical (unpaired) electrons. The number of amides is 1. The van der Waals surface area contributed by atoms with Crippen molar-refractivity contribution in [3.8, 4) is 11.4 Å². The highest BCUT2D eigenvalue weighted by Gasteiger charge is 2.16. The molecule has 0 fully saturated rings. The van der Waals surface area contributed by atoms with E-state index in [4.69, 9.17) is 11.6 Å². The molecule has 134 valence electrons. The first-order chi connectivity index (χ1) is 12.3. The number of nitrogens with one attached hydrogen (secondary N) is 1. The molecule has 1 N–H and O–H groups in total. The molecule has 1 amide bonds. The van der Waals surface area contributed by atoms with Gasteiger partial charge in [-0.2, -0.15) is 0 Å². The van der Waals surface area contributed by atoms with Crippen LogP contribution < -0.4 is 5.32 Å². The molecule has 0 bridgehead atoms. The molecule has 0 aliphatic rings. The average Bonchev–Trinajstić information content (AvgIpc) is 3.00. The molecule has 3 aromatic rings. The van der Waals surface area contributed by atoms with Crippen LogP contribution in [0.15, 0.2) is 47.4 Å². The second-order valence-corrected chi connectivity index (χ2v) is 8.00. The third-order valence-corrected chi connectivity index (χ3v) is 5.05. The molecular formula is C16H14ClN5O3S. The van der Waals surface area contributed by atoms with Gasteiger partial charge in [0.1, 0.15) is 0 Å². The van der Waals surface area contributed by atoms with Crippen LogP contribution in [0.5, 0.6) is 0 Å². The number of carbonyl (C=O) groups excluding carboxylic acids is 1. The molecule has 0 atom stereocenters. The summed E-state index contributed by atoms with van der Waals surface area (Å²) in [7, 11) is -1.75. The van der Waals surface area contributed by atoms with E-state index in [2.05, 4.69) is 20.8 Å². The third-order valence-electron chi connectivity index (χ3n) is 3.61. The van der Waals surface area contributed by atoms with E-state index in [-0.39, 0.29) is 15.5 Å². The second kappa shape index (κ2) is 6.85. The predicted molar refractivity (Wildman–Crippen MR) is 96.7 cm³/mol. The lowest BCUT2D eigenvalue weighted by molar-refractivity contribution is 0.102. The predicted octanol–water partition coefficient (Wildman–Crippen LogP) is 2.19. The first-order valence-corrected chi connectivity index (χ1v) is 9.66. The van der Waals surface area contributed by atoms with Crippen molar-refractivity contribution in [3.63, 3.8) is 0 Å². The smallest absolute Gasteiger partial charge is 0.257 e. The molecule has 26 heavy (non-hydrogen) atoms. The number of benzene rings is 2. The van der Waals surface area contributed by atoms with Crippen molar-refractivity contribution in [1.29, 1.82) is 0 Å². The molecule has 0 aliphatic heterocycles. The van der Waals surface area contributed by atoms with Gasteiger partial charge in [0.15, 0.2) is 15.7 Å². The summed E-state index contributed by atoms with van der Waals surface area (Å²) in [4.78, 5) is 12.6. The summed E-state index contributed by atoms with van der Waals surface area (Å²) in [5.41, 5.74) is 1.28. The van der Waals surface area contributed by atoms with Crippen molar-refractivity contribution in [2.45, 2.75) is 4.90 Å². The highest BCUT2D eigenvalue weighted by atomic mass is 35.5. The Balaban J connectivity index is 1.91. The number of halogens is 1. The molecule has 0 aliphatic carbocycles. The molecule has 8 nitrogen and oxygen atoms in total. The van der Waals surface area contributed by atoms with Crippen molar-refractivity contribution < 1.29 is 13.2 Å². The number of anilines is 1. The molecule has 1 aromatic heterocycles. The molecule has 0 unspecified atom stereocenters. The van der Waals surface area contributed by atoms with Crippen LogP contribution >= 0.6 is 11.6 Å². The van der Waals surface area contributed by atoms with Gasteiger partial charge >= 0.3 is 0 Å². The van der Waals surface area contributed by atoms with Crippen LogP contribution in [-0.2, 0) is 16.9 Å². The Morgan fingerprint density at radius 3 is 2.62 bits per heavy atom. The number of aryl methyl sites for hydroxylation is 1. The molecule has 1 heterocycles. The lowest BCUT2D eigenvalue weighted by Crippen LogP contribution is -2.13. The fourth-order valence-electron chi connectivity index (χ4n) is 2.32. The Bertz CT molecular complexity index is 1090. The number of sulfone groups is 1. The van der Waals surface area contributed by atoms with E-state index in [1.807, 2.05) is 0 Å². The lowest BCUT2D eigenvalue weighted by Gasteiger charge is -2.09. The monoisotopic (exact) mass is 391 g/mol. The number of nitrogens with zero attached hydrogens (tertiary/aromatic N) is 4. The minimum atomic E-state index is -3.45. The summed E-state index contributed by atoms with van der Waals surface area (Å²) < 4.78 is 24.9. The van der Waals surface area contributed by atoms with E-state index in [1.54, 1.807) is 31.3 Å². The summed E-state index contributed by atoms with van der Waals surface area (Å²) in [5.74, 6) is 0.0203. The molecule has 10 heteroatoms. The second-order valence-electron chi connectivity index (χ2n) is 5.57. The largest absolute Gasteiger partial charge is 0.322 e. The lowest BCUT2D eigenvalue weighted by atomic mass is 10.1. The minimum Gasteiger partial charge on any atom is -0.322 e. The van der Waals surface area contributed by atoms with E-state index in [1.165, 1.54) is 22.9 Å². The maximum atomic E-state index is 12.5. The number of hydrogen-bond acceptors (Lipinski definition) is 6. The van der Waals surface area contributed by atoms with E-state index in [0.717, 1.165) is 6.26 Å². The summed E-state index contributed by atoms with van der Waals surface area (Å²) in [6.07, 6.45) is 1.07. The van der Waals surface area contributed by atoms with Crippen molar-refractivity contribution in [2.75, 3.05) is 11.6 Å². The van der Waals surface area contributed by atoms with Gasteiger partial charge in [0.05, 0.1) is 15.5 Å². The molecular weight excluding hydrogens is 378 g/mol. The van der Waals surface area contributed by atoms with Gasteiger partial charge in [0.25, 0.3) is 5.91 Å². The van der Waals surface area contributed by atoms with E-state index in [9.17, 15) is 13.2 Å². The fourth-order valence-corrected chi connectivity index (χ4v) is 3.17. The van der Waals surface area contributed by atoms with Crippen LogP contribution in [0, 0.1) is 0 Å². The van der Waals surface area contributed by atoms with Gasteiger partial charge < -0.3 is 5.32 Å². The Morgan fingerprint density at radius 1 is 1.19 bits per heavy atom. The van der Waals surface area contributed by atoms with E-state index < -0.39 is 15.7 Å². The van der Waals surface area contributed by atoms with Crippen LogP contribution in [0.3, 0.4) is 0 Å². The quantitative estimate of drug-likeness (QED) is 0.730. The van der Waals surface area contributed by atoms with Crippen molar-refractivity contribution in [1.82, 2.24) is 20.2 Å². The Kier molecular flexibility index (Phi) is 4.75. The first-order valence-electron chi connectivity index (χ1n) is 7.39. The summed E-state index contributed by atoms with van der Waals surface area (Å²) in [6, 6.07) is 10.9. The van der Waals surface area contributed by atoms with E-state index >= 15 is 0 Å². The highest BCUT2D eigenvalue weighted by molar-refractivity contribution is 7.90. The Labute approximate surface area is 154 Å². The Morgan fingerprint density at radius 2 is 1.96 bits per heavy atom. The van der Waals surface area contributed by atoms with Crippen molar-refractivity contribution in [3.05, 3.63) is 53.1 Å². The van der Waals surface area contributed by atoms with Gasteiger partial charge in [-0.25, -0.2) is 13.1 Å². The standard InChI is InChI=1S/C16H14ClN5O3S/c1-22-15(19-20-21-22)10-4-3-5-11(8-10)18-16(23)13-9-12(26(2,24)25)6-7-14(13)17/h3-9H,1-2H3,(H,18,23). The zero-order valence-electron chi connectivity index (χ0n) is 13.8. The van der Waals surface area contributed by atoms with Gasteiger partial charge in [-0.05, 0) is 40.8 Å². The highest BCUT2D eigenvalue weighted by Crippen LogP contribution is 2.23. The molecule has 0 saturated heterocycles. The van der Waals surface area contributed by atoms with Gasteiger partial charge in [-0.1, -0.05) is 23.7 Å². The van der Waals surface area contributed by atoms with Gasteiger partial charge in [0.2, 0.25) is 0 Å². The SMILES string of the molecule is Cn1nnnc1-c1cccc(NC(=O)c2cc(S(C)(=O)=O)ccc2Cl)c1.